The minimum absolute atomic E-state index is 0.0282. The molecule has 3 aromatic heterocycles. The molecule has 0 aromatic carbocycles. The molecular formula is C18H20N4O4. The maximum atomic E-state index is 12.6. The number of hydrogen-bond acceptors (Lipinski definition) is 7. The fourth-order valence-electron chi connectivity index (χ4n) is 2.42. The molecule has 0 aliphatic carbocycles. The Morgan fingerprint density at radius 2 is 2.23 bits per heavy atom. The summed E-state index contributed by atoms with van der Waals surface area (Å²) >= 11 is 0. The molecule has 8 nitrogen and oxygen atoms in total. The number of aryl methyl sites for hydroxylation is 1. The first-order valence-electron chi connectivity index (χ1n) is 8.28. The number of furan rings is 1. The average Bonchev–Trinajstić information content (AvgIpc) is 3.36. The Kier molecular flexibility index (Phi) is 6.10. The lowest BCUT2D eigenvalue weighted by atomic mass is 10.2. The third-order valence-corrected chi connectivity index (χ3v) is 3.79. The SMILES string of the molecule is COCCN(Cc1ccco1)C(=O)CCc1nc(-c2cccnc2)no1. The van der Waals surface area contributed by atoms with Crippen LogP contribution in [0.25, 0.3) is 11.4 Å². The van der Waals surface area contributed by atoms with Crippen molar-refractivity contribution in [1.29, 1.82) is 0 Å². The minimum atomic E-state index is -0.0282. The van der Waals surface area contributed by atoms with Crippen LogP contribution in [0.3, 0.4) is 0 Å². The zero-order chi connectivity index (χ0) is 18.2. The quantitative estimate of drug-likeness (QED) is 0.581. The summed E-state index contributed by atoms with van der Waals surface area (Å²) in [4.78, 5) is 22.6. The van der Waals surface area contributed by atoms with Crippen molar-refractivity contribution >= 4 is 5.91 Å². The summed E-state index contributed by atoms with van der Waals surface area (Å²) in [6.07, 6.45) is 5.56. The first-order chi connectivity index (χ1) is 12.8. The molecule has 26 heavy (non-hydrogen) atoms. The third-order valence-electron chi connectivity index (χ3n) is 3.79. The van der Waals surface area contributed by atoms with E-state index in [2.05, 4.69) is 15.1 Å². The van der Waals surface area contributed by atoms with E-state index in [-0.39, 0.29) is 12.3 Å². The molecule has 3 rings (SSSR count). The van der Waals surface area contributed by atoms with Crippen LogP contribution in [0.2, 0.25) is 0 Å². The van der Waals surface area contributed by atoms with Gasteiger partial charge in [0.15, 0.2) is 0 Å². The summed E-state index contributed by atoms with van der Waals surface area (Å²) in [5.74, 6) is 1.58. The summed E-state index contributed by atoms with van der Waals surface area (Å²) in [6.45, 7) is 1.35. The number of pyridine rings is 1. The van der Waals surface area contributed by atoms with Crippen molar-refractivity contribution in [3.05, 3.63) is 54.6 Å². The first kappa shape index (κ1) is 17.8. The molecule has 0 saturated heterocycles. The Labute approximate surface area is 150 Å². The van der Waals surface area contributed by atoms with Gasteiger partial charge in [-0.05, 0) is 24.3 Å². The number of amides is 1. The van der Waals surface area contributed by atoms with Gasteiger partial charge in [0, 0.05) is 44.5 Å². The van der Waals surface area contributed by atoms with Crippen LogP contribution in [-0.4, -0.2) is 46.2 Å². The molecule has 0 aliphatic heterocycles. The van der Waals surface area contributed by atoms with Crippen molar-refractivity contribution in [2.75, 3.05) is 20.3 Å². The Hall–Kier alpha value is -3.00. The van der Waals surface area contributed by atoms with E-state index in [4.69, 9.17) is 13.7 Å². The predicted octanol–water partition coefficient (Wildman–Crippen LogP) is 2.33. The van der Waals surface area contributed by atoms with E-state index >= 15 is 0 Å². The highest BCUT2D eigenvalue weighted by atomic mass is 16.5. The van der Waals surface area contributed by atoms with Gasteiger partial charge in [-0.2, -0.15) is 4.98 Å². The number of ether oxygens (including phenoxy) is 1. The fraction of sp³-hybridized carbons (Fsp3) is 0.333. The lowest BCUT2D eigenvalue weighted by molar-refractivity contribution is -0.132. The van der Waals surface area contributed by atoms with Crippen molar-refractivity contribution in [1.82, 2.24) is 20.0 Å². The Morgan fingerprint density at radius 3 is 2.96 bits per heavy atom. The molecule has 0 fully saturated rings. The molecule has 0 unspecified atom stereocenters. The summed E-state index contributed by atoms with van der Waals surface area (Å²) in [7, 11) is 1.61. The lowest BCUT2D eigenvalue weighted by Crippen LogP contribution is -2.33. The van der Waals surface area contributed by atoms with E-state index in [0.717, 1.165) is 11.3 Å². The van der Waals surface area contributed by atoms with Gasteiger partial charge >= 0.3 is 0 Å². The van der Waals surface area contributed by atoms with Gasteiger partial charge in [0.05, 0.1) is 19.4 Å². The van der Waals surface area contributed by atoms with Crippen LogP contribution < -0.4 is 0 Å². The molecule has 8 heteroatoms. The predicted molar refractivity (Wildman–Crippen MR) is 91.9 cm³/mol. The third kappa shape index (κ3) is 4.76. The standard InChI is InChI=1S/C18H20N4O4/c1-24-11-9-22(13-15-5-3-10-25-15)17(23)7-6-16-20-18(21-26-16)14-4-2-8-19-12-14/h2-5,8,10,12H,6-7,9,11,13H2,1H3. The molecule has 0 saturated carbocycles. The molecular weight excluding hydrogens is 336 g/mol. The van der Waals surface area contributed by atoms with E-state index < -0.39 is 0 Å². The summed E-state index contributed by atoms with van der Waals surface area (Å²) in [5.41, 5.74) is 0.772. The number of aromatic nitrogens is 3. The number of nitrogens with zero attached hydrogens (tertiary/aromatic N) is 4. The van der Waals surface area contributed by atoms with Gasteiger partial charge in [0.25, 0.3) is 0 Å². The highest BCUT2D eigenvalue weighted by molar-refractivity contribution is 5.76. The summed E-state index contributed by atoms with van der Waals surface area (Å²) in [6, 6.07) is 7.29. The summed E-state index contributed by atoms with van der Waals surface area (Å²) < 4.78 is 15.6. The van der Waals surface area contributed by atoms with E-state index in [0.29, 0.717) is 37.8 Å². The van der Waals surface area contributed by atoms with Crippen molar-refractivity contribution in [3.8, 4) is 11.4 Å². The maximum absolute atomic E-state index is 12.6. The first-order valence-corrected chi connectivity index (χ1v) is 8.28. The van der Waals surface area contributed by atoms with E-state index in [1.165, 1.54) is 0 Å². The van der Waals surface area contributed by atoms with Crippen LogP contribution in [0, 0.1) is 0 Å². The highest BCUT2D eigenvalue weighted by Crippen LogP contribution is 2.15. The summed E-state index contributed by atoms with van der Waals surface area (Å²) in [5, 5.41) is 3.93. The molecule has 136 valence electrons. The molecule has 0 aliphatic rings. The number of rotatable bonds is 9. The second kappa shape index (κ2) is 8.91. The zero-order valence-corrected chi connectivity index (χ0v) is 14.5. The van der Waals surface area contributed by atoms with E-state index in [1.807, 2.05) is 12.1 Å². The number of carbonyl (C=O) groups is 1. The molecule has 3 aromatic rings. The van der Waals surface area contributed by atoms with Gasteiger partial charge in [0.2, 0.25) is 17.6 Å². The van der Waals surface area contributed by atoms with Gasteiger partial charge < -0.3 is 18.6 Å². The van der Waals surface area contributed by atoms with Gasteiger partial charge in [-0.15, -0.1) is 0 Å². The molecule has 0 N–H and O–H groups in total. The monoisotopic (exact) mass is 356 g/mol. The molecule has 3 heterocycles. The van der Waals surface area contributed by atoms with Crippen molar-refractivity contribution in [2.24, 2.45) is 0 Å². The van der Waals surface area contributed by atoms with Crippen LogP contribution in [-0.2, 0) is 22.5 Å². The molecule has 1 amide bonds. The number of methoxy groups -OCH3 is 1. The normalized spacial score (nSPS) is 10.8. The van der Waals surface area contributed by atoms with E-state index in [1.54, 1.807) is 42.8 Å². The second-order valence-electron chi connectivity index (χ2n) is 5.64. The number of hydrogen-bond donors (Lipinski definition) is 0. The molecule has 0 atom stereocenters. The van der Waals surface area contributed by atoms with Crippen LogP contribution in [0.1, 0.15) is 18.1 Å². The van der Waals surface area contributed by atoms with Crippen LogP contribution in [0.15, 0.2) is 51.9 Å². The van der Waals surface area contributed by atoms with Crippen LogP contribution in [0.5, 0.6) is 0 Å². The maximum Gasteiger partial charge on any atom is 0.227 e. The van der Waals surface area contributed by atoms with Gasteiger partial charge in [-0.3, -0.25) is 9.78 Å². The minimum Gasteiger partial charge on any atom is -0.467 e. The van der Waals surface area contributed by atoms with Crippen molar-refractivity contribution in [2.45, 2.75) is 19.4 Å². The van der Waals surface area contributed by atoms with Crippen molar-refractivity contribution < 1.29 is 18.5 Å². The van der Waals surface area contributed by atoms with E-state index in [9.17, 15) is 4.79 Å². The smallest absolute Gasteiger partial charge is 0.227 e. The highest BCUT2D eigenvalue weighted by Gasteiger charge is 2.17. The van der Waals surface area contributed by atoms with Crippen LogP contribution >= 0.6 is 0 Å². The average molecular weight is 356 g/mol. The second-order valence-corrected chi connectivity index (χ2v) is 5.64. The van der Waals surface area contributed by atoms with Crippen LogP contribution in [0.4, 0.5) is 0 Å². The molecule has 0 radical (unpaired) electrons. The number of carbonyl (C=O) groups excluding carboxylic acids is 1. The Balaban J connectivity index is 1.58. The van der Waals surface area contributed by atoms with Gasteiger partial charge in [0.1, 0.15) is 5.76 Å². The lowest BCUT2D eigenvalue weighted by Gasteiger charge is -2.21. The molecule has 0 bridgehead atoms. The zero-order valence-electron chi connectivity index (χ0n) is 14.5. The Morgan fingerprint density at radius 1 is 1.31 bits per heavy atom. The van der Waals surface area contributed by atoms with Crippen molar-refractivity contribution in [3.63, 3.8) is 0 Å². The topological polar surface area (TPSA) is 94.5 Å². The molecule has 0 spiro atoms. The fourth-order valence-corrected chi connectivity index (χ4v) is 2.42. The van der Waals surface area contributed by atoms with Gasteiger partial charge in [-0.1, -0.05) is 5.16 Å². The van der Waals surface area contributed by atoms with Gasteiger partial charge in [-0.25, -0.2) is 0 Å². The largest absolute Gasteiger partial charge is 0.467 e. The Bertz CT molecular complexity index is 802.